The molecule has 5 heteroatoms. The molecule has 0 amide bonds. The van der Waals surface area contributed by atoms with Gasteiger partial charge in [-0.3, -0.25) is 4.79 Å². The third kappa shape index (κ3) is 3.10. The van der Waals surface area contributed by atoms with Crippen LogP contribution in [0.5, 0.6) is 11.6 Å². The Morgan fingerprint density at radius 2 is 1.70 bits per heavy atom. The third-order valence-electron chi connectivity index (χ3n) is 5.06. The second-order valence-electron chi connectivity index (χ2n) is 6.94. The lowest BCUT2D eigenvalue weighted by atomic mass is 10.1. The molecule has 146 valence electrons. The number of nitrogens with zero attached hydrogens (tertiary/aromatic N) is 2. The first kappa shape index (κ1) is 18.1. The van der Waals surface area contributed by atoms with Gasteiger partial charge in [0, 0.05) is 5.56 Å². The van der Waals surface area contributed by atoms with E-state index in [0.29, 0.717) is 22.6 Å². The van der Waals surface area contributed by atoms with Crippen molar-refractivity contribution >= 4 is 21.9 Å². The SMILES string of the molecule is CCc1ccc2oc(-c3ccccc3)c(Oc3ncnc4ccccc34)c(=O)c2c1. The summed E-state index contributed by atoms with van der Waals surface area (Å²) in [5.41, 5.74) is 2.84. The van der Waals surface area contributed by atoms with E-state index in [1.807, 2.05) is 79.7 Å². The van der Waals surface area contributed by atoms with Crippen molar-refractivity contribution < 1.29 is 9.15 Å². The van der Waals surface area contributed by atoms with Crippen molar-refractivity contribution in [1.29, 1.82) is 0 Å². The molecular formula is C25H18N2O3. The normalized spacial score (nSPS) is 11.1. The predicted octanol–water partition coefficient (Wildman–Crippen LogP) is 5.76. The minimum Gasteiger partial charge on any atom is -0.452 e. The number of para-hydroxylation sites is 1. The average Bonchev–Trinajstić information content (AvgIpc) is 2.81. The van der Waals surface area contributed by atoms with Crippen LogP contribution in [0, 0.1) is 0 Å². The minimum absolute atomic E-state index is 0.116. The zero-order valence-electron chi connectivity index (χ0n) is 16.3. The molecule has 0 spiro atoms. The Labute approximate surface area is 172 Å². The average molecular weight is 394 g/mol. The maximum absolute atomic E-state index is 13.5. The summed E-state index contributed by atoms with van der Waals surface area (Å²) in [5.74, 6) is 0.807. The fourth-order valence-electron chi connectivity index (χ4n) is 3.48. The number of fused-ring (bicyclic) bond motifs is 2. The first-order valence-corrected chi connectivity index (χ1v) is 9.77. The van der Waals surface area contributed by atoms with Crippen LogP contribution in [-0.4, -0.2) is 9.97 Å². The summed E-state index contributed by atoms with van der Waals surface area (Å²) in [6, 6.07) is 22.7. The van der Waals surface area contributed by atoms with Crippen molar-refractivity contribution in [3.63, 3.8) is 0 Å². The first-order valence-electron chi connectivity index (χ1n) is 9.77. The Hall–Kier alpha value is -3.99. The largest absolute Gasteiger partial charge is 0.452 e. The molecule has 30 heavy (non-hydrogen) atoms. The number of hydrogen-bond donors (Lipinski definition) is 0. The summed E-state index contributed by atoms with van der Waals surface area (Å²) >= 11 is 0. The second kappa shape index (κ2) is 7.44. The van der Waals surface area contributed by atoms with Gasteiger partial charge in [0.15, 0.2) is 5.76 Å². The van der Waals surface area contributed by atoms with Gasteiger partial charge in [0.05, 0.1) is 16.3 Å². The fourth-order valence-corrected chi connectivity index (χ4v) is 3.48. The summed E-state index contributed by atoms with van der Waals surface area (Å²) < 4.78 is 12.3. The van der Waals surface area contributed by atoms with E-state index in [4.69, 9.17) is 9.15 Å². The Kier molecular flexibility index (Phi) is 4.48. The van der Waals surface area contributed by atoms with Crippen molar-refractivity contribution in [2.45, 2.75) is 13.3 Å². The van der Waals surface area contributed by atoms with Gasteiger partial charge in [-0.05, 0) is 36.2 Å². The van der Waals surface area contributed by atoms with E-state index < -0.39 is 0 Å². The van der Waals surface area contributed by atoms with Crippen LogP contribution in [0.25, 0.3) is 33.2 Å². The van der Waals surface area contributed by atoms with Crippen LogP contribution in [0.3, 0.4) is 0 Å². The first-order chi connectivity index (χ1) is 14.7. The van der Waals surface area contributed by atoms with Gasteiger partial charge in [-0.1, -0.05) is 55.5 Å². The summed E-state index contributed by atoms with van der Waals surface area (Å²) in [7, 11) is 0. The number of aryl methyl sites for hydroxylation is 1. The zero-order valence-corrected chi connectivity index (χ0v) is 16.3. The second-order valence-corrected chi connectivity index (χ2v) is 6.94. The number of hydrogen-bond acceptors (Lipinski definition) is 5. The molecule has 0 unspecified atom stereocenters. The highest BCUT2D eigenvalue weighted by Crippen LogP contribution is 2.35. The number of aromatic nitrogens is 2. The quantitative estimate of drug-likeness (QED) is 0.388. The van der Waals surface area contributed by atoms with Crippen LogP contribution in [0.1, 0.15) is 12.5 Å². The summed E-state index contributed by atoms with van der Waals surface area (Å²) in [6.07, 6.45) is 2.25. The third-order valence-corrected chi connectivity index (χ3v) is 5.06. The Balaban J connectivity index is 1.78. The molecule has 0 radical (unpaired) electrons. The van der Waals surface area contributed by atoms with Crippen LogP contribution in [0.4, 0.5) is 0 Å². The molecule has 0 aliphatic rings. The molecule has 5 rings (SSSR count). The zero-order chi connectivity index (χ0) is 20.5. The number of benzene rings is 3. The molecule has 2 heterocycles. The summed E-state index contributed by atoms with van der Waals surface area (Å²) in [4.78, 5) is 22.0. The van der Waals surface area contributed by atoms with Gasteiger partial charge in [-0.15, -0.1) is 0 Å². The molecule has 0 fully saturated rings. The molecular weight excluding hydrogens is 376 g/mol. The van der Waals surface area contributed by atoms with Crippen LogP contribution >= 0.6 is 0 Å². The van der Waals surface area contributed by atoms with Gasteiger partial charge in [-0.25, -0.2) is 9.97 Å². The molecule has 0 atom stereocenters. The smallest absolute Gasteiger partial charge is 0.235 e. The van der Waals surface area contributed by atoms with E-state index >= 15 is 0 Å². The van der Waals surface area contributed by atoms with E-state index in [0.717, 1.165) is 28.5 Å². The Bertz CT molecular complexity index is 1420. The highest BCUT2D eigenvalue weighted by molar-refractivity contribution is 5.85. The van der Waals surface area contributed by atoms with Gasteiger partial charge in [0.1, 0.15) is 11.9 Å². The fraction of sp³-hybridized carbons (Fsp3) is 0.0800. The number of ether oxygens (including phenoxy) is 1. The van der Waals surface area contributed by atoms with Crippen LogP contribution in [0.15, 0.2) is 88.3 Å². The van der Waals surface area contributed by atoms with Gasteiger partial charge >= 0.3 is 0 Å². The molecule has 3 aromatic carbocycles. The summed E-state index contributed by atoms with van der Waals surface area (Å²) in [5, 5.41) is 1.21. The van der Waals surface area contributed by atoms with E-state index in [1.54, 1.807) is 0 Å². The molecule has 0 saturated carbocycles. The molecule has 0 N–H and O–H groups in total. The van der Waals surface area contributed by atoms with Gasteiger partial charge in [0.25, 0.3) is 0 Å². The molecule has 5 nitrogen and oxygen atoms in total. The van der Waals surface area contributed by atoms with Crippen LogP contribution < -0.4 is 10.2 Å². The molecule has 0 bridgehead atoms. The lowest BCUT2D eigenvalue weighted by Crippen LogP contribution is -2.08. The lowest BCUT2D eigenvalue weighted by Gasteiger charge is -2.12. The van der Waals surface area contributed by atoms with E-state index in [2.05, 4.69) is 9.97 Å². The highest BCUT2D eigenvalue weighted by Gasteiger charge is 2.20. The minimum atomic E-state index is -0.229. The molecule has 0 aliphatic heterocycles. The maximum Gasteiger partial charge on any atom is 0.235 e. The summed E-state index contributed by atoms with van der Waals surface area (Å²) in [6.45, 7) is 2.05. The van der Waals surface area contributed by atoms with Gasteiger partial charge in [-0.2, -0.15) is 0 Å². The van der Waals surface area contributed by atoms with Crippen LogP contribution in [0.2, 0.25) is 0 Å². The molecule has 2 aromatic heterocycles. The van der Waals surface area contributed by atoms with Gasteiger partial charge < -0.3 is 9.15 Å². The van der Waals surface area contributed by atoms with E-state index in [9.17, 15) is 4.79 Å². The van der Waals surface area contributed by atoms with Crippen molar-refractivity contribution in [2.24, 2.45) is 0 Å². The molecule has 5 aromatic rings. The lowest BCUT2D eigenvalue weighted by molar-refractivity contribution is 0.446. The van der Waals surface area contributed by atoms with Crippen LogP contribution in [-0.2, 0) is 6.42 Å². The monoisotopic (exact) mass is 394 g/mol. The van der Waals surface area contributed by atoms with Gasteiger partial charge in [0.2, 0.25) is 17.1 Å². The highest BCUT2D eigenvalue weighted by atomic mass is 16.5. The van der Waals surface area contributed by atoms with Crippen molar-refractivity contribution in [1.82, 2.24) is 9.97 Å². The standard InChI is InChI=1S/C25H18N2O3/c1-2-16-12-13-21-19(14-16)22(28)24(23(29-21)17-8-4-3-5-9-17)30-25-18-10-6-7-11-20(18)26-15-27-25/h3-15H,2H2,1H3. The van der Waals surface area contributed by atoms with Crippen molar-refractivity contribution in [3.05, 3.63) is 94.9 Å². The number of rotatable bonds is 4. The predicted molar refractivity (Wildman–Crippen MR) is 117 cm³/mol. The van der Waals surface area contributed by atoms with Crippen molar-refractivity contribution in [2.75, 3.05) is 0 Å². The topological polar surface area (TPSA) is 65.2 Å². The Morgan fingerprint density at radius 1 is 0.900 bits per heavy atom. The Morgan fingerprint density at radius 3 is 2.53 bits per heavy atom. The van der Waals surface area contributed by atoms with E-state index in [1.165, 1.54) is 6.33 Å². The molecule has 0 saturated heterocycles. The maximum atomic E-state index is 13.5. The molecule has 0 aliphatic carbocycles. The van der Waals surface area contributed by atoms with Crippen molar-refractivity contribution in [3.8, 4) is 23.0 Å². The van der Waals surface area contributed by atoms with E-state index in [-0.39, 0.29) is 11.2 Å².